The molecule has 0 amide bonds. The van der Waals surface area contributed by atoms with Crippen molar-refractivity contribution in [1.82, 2.24) is 4.90 Å². The summed E-state index contributed by atoms with van der Waals surface area (Å²) < 4.78 is 13.1. The van der Waals surface area contributed by atoms with Gasteiger partial charge in [0.25, 0.3) is 0 Å². The van der Waals surface area contributed by atoms with Gasteiger partial charge in [0.15, 0.2) is 0 Å². The zero-order valence-electron chi connectivity index (χ0n) is 12.7. The SMILES string of the molecule is CN(CCCCCCCCCS)Cc1cccc(F)c1. The molecule has 0 saturated heterocycles. The Morgan fingerprint density at radius 2 is 1.65 bits per heavy atom. The highest BCUT2D eigenvalue weighted by Gasteiger charge is 2.01. The van der Waals surface area contributed by atoms with Crippen LogP contribution in [-0.2, 0) is 6.54 Å². The summed E-state index contributed by atoms with van der Waals surface area (Å²) in [5.74, 6) is 0.877. The monoisotopic (exact) mass is 297 g/mol. The van der Waals surface area contributed by atoms with Gasteiger partial charge in [-0.05, 0) is 49.9 Å². The van der Waals surface area contributed by atoms with Crippen molar-refractivity contribution in [3.8, 4) is 0 Å². The quantitative estimate of drug-likeness (QED) is 0.448. The molecule has 3 heteroatoms. The summed E-state index contributed by atoms with van der Waals surface area (Å²) in [5, 5.41) is 0. The van der Waals surface area contributed by atoms with Gasteiger partial charge in [0.05, 0.1) is 0 Å². The third kappa shape index (κ3) is 8.60. The summed E-state index contributed by atoms with van der Waals surface area (Å²) in [7, 11) is 2.11. The molecule has 0 aromatic heterocycles. The Kier molecular flexibility index (Phi) is 9.77. The van der Waals surface area contributed by atoms with E-state index in [9.17, 15) is 4.39 Å². The molecule has 0 heterocycles. The molecular formula is C17H28FNS. The van der Waals surface area contributed by atoms with Gasteiger partial charge in [-0.1, -0.05) is 44.2 Å². The van der Waals surface area contributed by atoms with E-state index in [2.05, 4.69) is 24.6 Å². The largest absolute Gasteiger partial charge is 0.302 e. The van der Waals surface area contributed by atoms with E-state index >= 15 is 0 Å². The van der Waals surface area contributed by atoms with E-state index in [1.165, 1.54) is 51.0 Å². The molecule has 1 aromatic rings. The van der Waals surface area contributed by atoms with Gasteiger partial charge in [-0.3, -0.25) is 0 Å². The normalized spacial score (nSPS) is 11.2. The third-order valence-corrected chi connectivity index (χ3v) is 3.86. The Morgan fingerprint density at radius 1 is 1.00 bits per heavy atom. The maximum atomic E-state index is 13.1. The van der Waals surface area contributed by atoms with Crippen molar-refractivity contribution in [3.63, 3.8) is 0 Å². The standard InChI is InChI=1S/C17H28FNS/c1-19(15-16-10-9-11-17(18)14-16)12-7-5-3-2-4-6-8-13-20/h9-11,14,20H,2-8,12-13,15H2,1H3. The summed E-state index contributed by atoms with van der Waals surface area (Å²) in [6.07, 6.45) is 9.14. The molecule has 20 heavy (non-hydrogen) atoms. The fraction of sp³-hybridized carbons (Fsp3) is 0.647. The molecule has 1 rings (SSSR count). The Balaban J connectivity index is 2.01. The smallest absolute Gasteiger partial charge is 0.123 e. The lowest BCUT2D eigenvalue weighted by Gasteiger charge is -2.16. The van der Waals surface area contributed by atoms with Crippen LogP contribution in [0.2, 0.25) is 0 Å². The molecule has 114 valence electrons. The Morgan fingerprint density at radius 3 is 2.30 bits per heavy atom. The number of hydrogen-bond donors (Lipinski definition) is 1. The highest BCUT2D eigenvalue weighted by molar-refractivity contribution is 7.80. The number of nitrogens with zero attached hydrogens (tertiary/aromatic N) is 1. The van der Waals surface area contributed by atoms with E-state index in [-0.39, 0.29) is 5.82 Å². The minimum atomic E-state index is -0.142. The van der Waals surface area contributed by atoms with Crippen LogP contribution in [-0.4, -0.2) is 24.2 Å². The van der Waals surface area contributed by atoms with Crippen molar-refractivity contribution in [1.29, 1.82) is 0 Å². The van der Waals surface area contributed by atoms with E-state index in [0.29, 0.717) is 0 Å². The molecule has 0 spiro atoms. The van der Waals surface area contributed by atoms with Gasteiger partial charge in [-0.25, -0.2) is 4.39 Å². The molecule has 0 unspecified atom stereocenters. The first kappa shape index (κ1) is 17.5. The van der Waals surface area contributed by atoms with Crippen molar-refractivity contribution in [3.05, 3.63) is 35.6 Å². The first-order valence-corrected chi connectivity index (χ1v) is 8.39. The molecule has 1 nitrogen and oxygen atoms in total. The molecule has 0 fully saturated rings. The fourth-order valence-electron chi connectivity index (χ4n) is 2.40. The predicted molar refractivity (Wildman–Crippen MR) is 88.9 cm³/mol. The van der Waals surface area contributed by atoms with Crippen molar-refractivity contribution in [2.75, 3.05) is 19.3 Å². The summed E-state index contributed by atoms with van der Waals surface area (Å²) in [4.78, 5) is 2.27. The molecule has 1 aromatic carbocycles. The Hall–Kier alpha value is -0.540. The van der Waals surface area contributed by atoms with Crippen molar-refractivity contribution in [2.24, 2.45) is 0 Å². The maximum Gasteiger partial charge on any atom is 0.123 e. The lowest BCUT2D eigenvalue weighted by atomic mass is 10.1. The van der Waals surface area contributed by atoms with Crippen LogP contribution < -0.4 is 0 Å². The van der Waals surface area contributed by atoms with Gasteiger partial charge in [0.1, 0.15) is 5.82 Å². The van der Waals surface area contributed by atoms with E-state index < -0.39 is 0 Å². The van der Waals surface area contributed by atoms with Crippen molar-refractivity contribution < 1.29 is 4.39 Å². The zero-order chi connectivity index (χ0) is 14.6. The lowest BCUT2D eigenvalue weighted by Crippen LogP contribution is -2.19. The van der Waals surface area contributed by atoms with Crippen molar-refractivity contribution >= 4 is 12.6 Å². The second kappa shape index (κ2) is 11.2. The third-order valence-electron chi connectivity index (χ3n) is 3.54. The van der Waals surface area contributed by atoms with Crippen LogP contribution in [0.15, 0.2) is 24.3 Å². The average molecular weight is 297 g/mol. The first-order chi connectivity index (χ1) is 9.72. The lowest BCUT2D eigenvalue weighted by molar-refractivity contribution is 0.316. The number of rotatable bonds is 11. The van der Waals surface area contributed by atoms with Crippen LogP contribution in [0.5, 0.6) is 0 Å². The summed E-state index contributed by atoms with van der Waals surface area (Å²) in [6.45, 7) is 1.92. The number of halogens is 1. The van der Waals surface area contributed by atoms with Crippen LogP contribution in [0.1, 0.15) is 50.5 Å². The van der Waals surface area contributed by atoms with Crippen molar-refractivity contribution in [2.45, 2.75) is 51.5 Å². The maximum absolute atomic E-state index is 13.1. The highest BCUT2D eigenvalue weighted by atomic mass is 32.1. The molecular weight excluding hydrogens is 269 g/mol. The Labute approximate surface area is 129 Å². The Bertz CT molecular complexity index is 357. The number of hydrogen-bond acceptors (Lipinski definition) is 2. The number of unbranched alkanes of at least 4 members (excludes halogenated alkanes) is 6. The second-order valence-electron chi connectivity index (χ2n) is 5.57. The van der Waals surface area contributed by atoms with Gasteiger partial charge >= 0.3 is 0 Å². The van der Waals surface area contributed by atoms with Crippen LogP contribution >= 0.6 is 12.6 Å². The topological polar surface area (TPSA) is 3.24 Å². The highest BCUT2D eigenvalue weighted by Crippen LogP contribution is 2.10. The molecule has 0 saturated carbocycles. The molecule has 0 aliphatic heterocycles. The molecule has 0 N–H and O–H groups in total. The van der Waals surface area contributed by atoms with Crippen LogP contribution in [0.25, 0.3) is 0 Å². The summed E-state index contributed by atoms with van der Waals surface area (Å²) >= 11 is 4.22. The van der Waals surface area contributed by atoms with Gasteiger partial charge in [-0.2, -0.15) is 12.6 Å². The van der Waals surface area contributed by atoms with Crippen LogP contribution in [0.3, 0.4) is 0 Å². The molecule has 0 aliphatic rings. The fourth-order valence-corrected chi connectivity index (χ4v) is 2.63. The summed E-state index contributed by atoms with van der Waals surface area (Å²) in [6, 6.07) is 6.89. The molecule has 0 atom stereocenters. The van der Waals surface area contributed by atoms with E-state index in [1.807, 2.05) is 6.07 Å². The minimum absolute atomic E-state index is 0.142. The summed E-state index contributed by atoms with van der Waals surface area (Å²) in [5.41, 5.74) is 1.05. The van der Waals surface area contributed by atoms with Crippen LogP contribution in [0, 0.1) is 5.82 Å². The van der Waals surface area contributed by atoms with E-state index in [0.717, 1.165) is 24.4 Å². The van der Waals surface area contributed by atoms with Crippen LogP contribution in [0.4, 0.5) is 4.39 Å². The van der Waals surface area contributed by atoms with E-state index in [4.69, 9.17) is 0 Å². The predicted octanol–water partition coefficient (Wildman–Crippen LogP) is 4.92. The number of benzene rings is 1. The minimum Gasteiger partial charge on any atom is -0.302 e. The van der Waals surface area contributed by atoms with Gasteiger partial charge in [0, 0.05) is 6.54 Å². The molecule has 0 aliphatic carbocycles. The van der Waals surface area contributed by atoms with Gasteiger partial charge < -0.3 is 4.90 Å². The molecule has 0 radical (unpaired) electrons. The second-order valence-corrected chi connectivity index (χ2v) is 6.01. The number of thiol groups is 1. The van der Waals surface area contributed by atoms with Gasteiger partial charge in [-0.15, -0.1) is 0 Å². The first-order valence-electron chi connectivity index (χ1n) is 7.76. The molecule has 0 bridgehead atoms. The zero-order valence-corrected chi connectivity index (χ0v) is 13.5. The van der Waals surface area contributed by atoms with E-state index in [1.54, 1.807) is 12.1 Å². The average Bonchev–Trinajstić information content (AvgIpc) is 2.42. The van der Waals surface area contributed by atoms with Gasteiger partial charge in [0.2, 0.25) is 0 Å².